The number of hydrogen-bond donors (Lipinski definition) is 0. The molecule has 0 aliphatic heterocycles. The number of thioether (sulfide) groups is 1. The van der Waals surface area contributed by atoms with Crippen molar-refractivity contribution >= 4 is 50.3 Å². The van der Waals surface area contributed by atoms with Crippen LogP contribution in [0.15, 0.2) is 58.3 Å². The van der Waals surface area contributed by atoms with Gasteiger partial charge in [-0.1, -0.05) is 36.0 Å². The lowest BCUT2D eigenvalue weighted by atomic mass is 10.0. The van der Waals surface area contributed by atoms with E-state index in [9.17, 15) is 5.26 Å². The van der Waals surface area contributed by atoms with Gasteiger partial charge in [-0.3, -0.25) is 0 Å². The number of aromatic nitrogens is 2. The molecular formula is C22H20N4S3. The lowest BCUT2D eigenvalue weighted by Crippen LogP contribution is -2.08. The smallest absolute Gasteiger partial charge is 0.151 e. The zero-order valence-corrected chi connectivity index (χ0v) is 18.7. The molecular weight excluding hydrogens is 416 g/mol. The van der Waals surface area contributed by atoms with E-state index in [1.807, 2.05) is 32.3 Å². The molecule has 0 N–H and O–H groups in total. The summed E-state index contributed by atoms with van der Waals surface area (Å²) in [6.45, 7) is 0. The van der Waals surface area contributed by atoms with E-state index in [2.05, 4.69) is 51.7 Å². The number of hydrogen-bond acceptors (Lipinski definition) is 7. The van der Waals surface area contributed by atoms with Crippen molar-refractivity contribution in [2.45, 2.75) is 22.4 Å². The second kappa shape index (κ2) is 8.95. The van der Waals surface area contributed by atoms with Gasteiger partial charge in [0, 0.05) is 30.9 Å². The van der Waals surface area contributed by atoms with Crippen LogP contribution < -0.4 is 4.90 Å². The molecule has 0 aliphatic carbocycles. The SMILES string of the molecule is CN(C)c1ccc(CC(C#N)c2nc(CSc3nc4ccccc4s3)cs2)cc1. The first-order valence-corrected chi connectivity index (χ1v) is 11.9. The molecule has 2 aromatic heterocycles. The maximum atomic E-state index is 9.68. The highest BCUT2D eigenvalue weighted by molar-refractivity contribution is 8.00. The minimum absolute atomic E-state index is 0.216. The summed E-state index contributed by atoms with van der Waals surface area (Å²) in [5.41, 5.74) is 4.37. The van der Waals surface area contributed by atoms with Gasteiger partial charge in [-0.25, -0.2) is 9.97 Å². The normalized spacial score (nSPS) is 12.0. The van der Waals surface area contributed by atoms with E-state index in [0.29, 0.717) is 6.42 Å². The molecule has 0 aliphatic rings. The monoisotopic (exact) mass is 436 g/mol. The molecule has 1 atom stereocenters. The van der Waals surface area contributed by atoms with E-state index < -0.39 is 0 Å². The number of fused-ring (bicyclic) bond motifs is 1. The first-order chi connectivity index (χ1) is 14.1. The van der Waals surface area contributed by atoms with Crippen LogP contribution in [0.25, 0.3) is 10.2 Å². The predicted octanol–water partition coefficient (Wildman–Crippen LogP) is 5.96. The maximum absolute atomic E-state index is 9.68. The van der Waals surface area contributed by atoms with Crippen LogP contribution in [-0.2, 0) is 12.2 Å². The molecule has 0 fully saturated rings. The Bertz CT molecular complexity index is 1110. The lowest BCUT2D eigenvalue weighted by Gasteiger charge is -2.13. The molecule has 4 nitrogen and oxygen atoms in total. The summed E-state index contributed by atoms with van der Waals surface area (Å²) in [5.74, 6) is 0.554. The standard InChI is InChI=1S/C22H20N4S3/c1-26(2)18-9-7-15(8-10-18)11-16(12-23)21-24-17(13-27-21)14-28-22-25-19-5-3-4-6-20(19)29-22/h3-10,13,16H,11,14H2,1-2H3. The zero-order valence-electron chi connectivity index (χ0n) is 16.2. The highest BCUT2D eigenvalue weighted by Gasteiger charge is 2.16. The van der Waals surface area contributed by atoms with Crippen LogP contribution >= 0.6 is 34.4 Å². The summed E-state index contributed by atoms with van der Waals surface area (Å²) < 4.78 is 2.26. The van der Waals surface area contributed by atoms with Crippen LogP contribution in [0.3, 0.4) is 0 Å². The molecule has 4 rings (SSSR count). The highest BCUT2D eigenvalue weighted by atomic mass is 32.2. The van der Waals surface area contributed by atoms with Crippen LogP contribution in [0.1, 0.15) is 22.2 Å². The molecule has 0 radical (unpaired) electrons. The number of thiazole rings is 2. The van der Waals surface area contributed by atoms with Gasteiger partial charge in [0.05, 0.1) is 22.0 Å². The van der Waals surface area contributed by atoms with Gasteiger partial charge in [-0.2, -0.15) is 5.26 Å². The van der Waals surface area contributed by atoms with Crippen LogP contribution in [0.2, 0.25) is 0 Å². The molecule has 2 aromatic carbocycles. The summed E-state index contributed by atoms with van der Waals surface area (Å²) in [6.07, 6.45) is 0.683. The van der Waals surface area contributed by atoms with Crippen molar-refractivity contribution in [3.63, 3.8) is 0 Å². The van der Waals surface area contributed by atoms with E-state index in [-0.39, 0.29) is 5.92 Å². The van der Waals surface area contributed by atoms with Gasteiger partial charge >= 0.3 is 0 Å². The zero-order chi connectivity index (χ0) is 20.2. The van der Waals surface area contributed by atoms with Crippen LogP contribution in [0.4, 0.5) is 5.69 Å². The van der Waals surface area contributed by atoms with Crippen molar-refractivity contribution in [2.24, 2.45) is 0 Å². The van der Waals surface area contributed by atoms with Crippen molar-refractivity contribution < 1.29 is 0 Å². The number of nitrogens with zero attached hydrogens (tertiary/aromatic N) is 4. The fraction of sp³-hybridized carbons (Fsp3) is 0.227. The van der Waals surface area contributed by atoms with E-state index in [0.717, 1.165) is 37.6 Å². The van der Waals surface area contributed by atoms with Gasteiger partial charge in [-0.15, -0.1) is 22.7 Å². The fourth-order valence-corrected chi connectivity index (χ4v) is 5.88. The molecule has 0 saturated carbocycles. The van der Waals surface area contributed by atoms with E-state index in [4.69, 9.17) is 4.98 Å². The van der Waals surface area contributed by atoms with Crippen molar-refractivity contribution in [1.82, 2.24) is 9.97 Å². The van der Waals surface area contributed by atoms with Crippen molar-refractivity contribution in [1.29, 1.82) is 5.26 Å². The van der Waals surface area contributed by atoms with Gasteiger partial charge < -0.3 is 4.90 Å². The Hall–Kier alpha value is -2.40. The molecule has 1 unspecified atom stereocenters. The Balaban J connectivity index is 1.40. The summed E-state index contributed by atoms with van der Waals surface area (Å²) in [4.78, 5) is 11.5. The third-order valence-electron chi connectivity index (χ3n) is 4.53. The average molecular weight is 437 g/mol. The Labute approximate surface area is 182 Å². The van der Waals surface area contributed by atoms with Crippen LogP contribution in [0.5, 0.6) is 0 Å². The van der Waals surface area contributed by atoms with Crippen LogP contribution in [-0.4, -0.2) is 24.1 Å². The number of rotatable bonds is 7. The van der Waals surface area contributed by atoms with Crippen molar-refractivity contribution in [2.75, 3.05) is 19.0 Å². The first-order valence-electron chi connectivity index (χ1n) is 9.21. The van der Waals surface area contributed by atoms with Gasteiger partial charge in [0.25, 0.3) is 0 Å². The van der Waals surface area contributed by atoms with E-state index in [1.165, 1.54) is 4.70 Å². The van der Waals surface area contributed by atoms with Gasteiger partial charge in [-0.05, 0) is 36.2 Å². The minimum Gasteiger partial charge on any atom is -0.378 e. The molecule has 146 valence electrons. The number of nitriles is 1. The Kier molecular flexibility index (Phi) is 6.14. The van der Waals surface area contributed by atoms with E-state index >= 15 is 0 Å². The average Bonchev–Trinajstić information content (AvgIpc) is 3.37. The number of benzene rings is 2. The molecule has 0 bridgehead atoms. The summed E-state index contributed by atoms with van der Waals surface area (Å²) in [7, 11) is 4.05. The quantitative estimate of drug-likeness (QED) is 0.335. The molecule has 0 amide bonds. The molecule has 2 heterocycles. The second-order valence-electron chi connectivity index (χ2n) is 6.86. The second-order valence-corrected chi connectivity index (χ2v) is 10.0. The maximum Gasteiger partial charge on any atom is 0.151 e. The molecule has 7 heteroatoms. The lowest BCUT2D eigenvalue weighted by molar-refractivity contribution is 0.833. The van der Waals surface area contributed by atoms with Gasteiger partial charge in [0.15, 0.2) is 4.34 Å². The Morgan fingerprint density at radius 1 is 1.10 bits per heavy atom. The van der Waals surface area contributed by atoms with Gasteiger partial charge in [0.2, 0.25) is 0 Å². The summed E-state index contributed by atoms with van der Waals surface area (Å²) in [6, 6.07) is 19.0. The van der Waals surface area contributed by atoms with Crippen LogP contribution in [0, 0.1) is 11.3 Å². The first kappa shape index (κ1) is 19.9. The molecule has 0 saturated heterocycles. The molecule has 4 aromatic rings. The Morgan fingerprint density at radius 3 is 2.62 bits per heavy atom. The fourth-order valence-electron chi connectivity index (χ4n) is 2.95. The minimum atomic E-state index is -0.216. The summed E-state index contributed by atoms with van der Waals surface area (Å²) in [5, 5.41) is 12.6. The largest absolute Gasteiger partial charge is 0.378 e. The third-order valence-corrected chi connectivity index (χ3v) is 7.75. The number of para-hydroxylation sites is 1. The number of anilines is 1. The summed E-state index contributed by atoms with van der Waals surface area (Å²) >= 11 is 4.99. The van der Waals surface area contributed by atoms with Crippen molar-refractivity contribution in [3.8, 4) is 6.07 Å². The molecule has 29 heavy (non-hydrogen) atoms. The predicted molar refractivity (Wildman–Crippen MR) is 124 cm³/mol. The van der Waals surface area contributed by atoms with E-state index in [1.54, 1.807) is 34.4 Å². The third kappa shape index (κ3) is 4.78. The van der Waals surface area contributed by atoms with Crippen molar-refractivity contribution in [3.05, 3.63) is 70.2 Å². The highest BCUT2D eigenvalue weighted by Crippen LogP contribution is 2.32. The molecule has 0 spiro atoms. The topological polar surface area (TPSA) is 52.8 Å². The van der Waals surface area contributed by atoms with Gasteiger partial charge in [0.1, 0.15) is 10.9 Å². The Morgan fingerprint density at radius 2 is 1.90 bits per heavy atom.